The van der Waals surface area contributed by atoms with Crippen LogP contribution in [0.25, 0.3) is 0 Å². The molecule has 5 rings (SSSR count). The van der Waals surface area contributed by atoms with Crippen LogP contribution in [0.4, 0.5) is 0 Å². The summed E-state index contributed by atoms with van der Waals surface area (Å²) in [5.74, 6) is 2.73. The Hall–Kier alpha value is -1.06. The van der Waals surface area contributed by atoms with E-state index in [1.807, 2.05) is 0 Å². The summed E-state index contributed by atoms with van der Waals surface area (Å²) in [6.45, 7) is 19.4. The number of amides is 1. The first-order chi connectivity index (χ1) is 17.1. The fourth-order valence-corrected chi connectivity index (χ4v) is 12.3. The number of carbonyl (C=O) groups is 2. The van der Waals surface area contributed by atoms with Gasteiger partial charge in [0, 0.05) is 0 Å². The molecule has 2 N–H and O–H groups in total. The highest BCUT2D eigenvalue weighted by molar-refractivity contribution is 5.88. The van der Waals surface area contributed by atoms with E-state index < -0.39 is 12.0 Å². The Morgan fingerprint density at radius 1 is 0.784 bits per heavy atom. The zero-order valence-electron chi connectivity index (χ0n) is 25.1. The molecule has 10 atom stereocenters. The molecule has 5 saturated carbocycles. The number of rotatable bonds is 4. The summed E-state index contributed by atoms with van der Waals surface area (Å²) >= 11 is 0. The topological polar surface area (TPSA) is 66.4 Å². The summed E-state index contributed by atoms with van der Waals surface area (Å²) in [4.78, 5) is 25.6. The van der Waals surface area contributed by atoms with E-state index in [-0.39, 0.29) is 16.7 Å². The number of hydrogen-bond acceptors (Lipinski definition) is 2. The van der Waals surface area contributed by atoms with Crippen LogP contribution in [0.3, 0.4) is 0 Å². The number of fused-ring (bicyclic) bond motifs is 7. The van der Waals surface area contributed by atoms with Gasteiger partial charge in [-0.2, -0.15) is 0 Å². The Kier molecular flexibility index (Phi) is 6.48. The molecule has 4 heteroatoms. The van der Waals surface area contributed by atoms with Crippen LogP contribution in [0.5, 0.6) is 0 Å². The fourth-order valence-electron chi connectivity index (χ4n) is 12.3. The lowest BCUT2D eigenvalue weighted by Crippen LogP contribution is -2.66. The molecule has 0 aromatic carbocycles. The standard InChI is InChI=1S/C33H55NO3/c1-20(2)22-12-17-33(28(37)34-21(3)27(35)36)19-18-31(7)23(26(22)33)10-11-25-30(6)15-9-14-29(4,5)24(30)13-16-32(25,31)8/h20-26H,9-19H2,1-8H3,(H,34,37)(H,35,36)/t21-,22-,23?,24?,25?,26?,30-,31+,32+,33-/m0/s1. The Balaban J connectivity index is 1.53. The van der Waals surface area contributed by atoms with Gasteiger partial charge >= 0.3 is 5.97 Å². The van der Waals surface area contributed by atoms with Crippen LogP contribution in [0.15, 0.2) is 0 Å². The van der Waals surface area contributed by atoms with Crippen LogP contribution in [-0.2, 0) is 9.59 Å². The fraction of sp³-hybridized carbons (Fsp3) is 0.939. The second-order valence-electron chi connectivity index (χ2n) is 16.2. The van der Waals surface area contributed by atoms with Crippen LogP contribution >= 0.6 is 0 Å². The molecule has 0 aromatic rings. The molecule has 1 amide bonds. The normalized spacial score (nSPS) is 49.3. The summed E-state index contributed by atoms with van der Waals surface area (Å²) in [7, 11) is 0. The highest BCUT2D eigenvalue weighted by atomic mass is 16.4. The van der Waals surface area contributed by atoms with E-state index in [2.05, 4.69) is 53.8 Å². The van der Waals surface area contributed by atoms with Crippen molar-refractivity contribution in [1.82, 2.24) is 5.32 Å². The quantitative estimate of drug-likeness (QED) is 0.405. The molecule has 5 aliphatic carbocycles. The maximum Gasteiger partial charge on any atom is 0.325 e. The second kappa shape index (κ2) is 8.72. The molecule has 0 aliphatic heterocycles. The van der Waals surface area contributed by atoms with Gasteiger partial charge in [-0.05, 0) is 128 Å². The van der Waals surface area contributed by atoms with E-state index >= 15 is 0 Å². The maximum absolute atomic E-state index is 14.0. The van der Waals surface area contributed by atoms with Gasteiger partial charge in [-0.15, -0.1) is 0 Å². The van der Waals surface area contributed by atoms with E-state index in [9.17, 15) is 14.7 Å². The molecule has 5 fully saturated rings. The molecule has 0 aromatic heterocycles. The molecule has 4 unspecified atom stereocenters. The van der Waals surface area contributed by atoms with Crippen molar-refractivity contribution in [1.29, 1.82) is 0 Å². The third kappa shape index (κ3) is 3.65. The lowest BCUT2D eigenvalue weighted by Gasteiger charge is -2.72. The lowest BCUT2D eigenvalue weighted by molar-refractivity contribution is -0.237. The Morgan fingerprint density at radius 3 is 2.14 bits per heavy atom. The van der Waals surface area contributed by atoms with E-state index in [0.29, 0.717) is 39.9 Å². The van der Waals surface area contributed by atoms with Gasteiger partial charge in [0.2, 0.25) is 5.91 Å². The molecule has 210 valence electrons. The van der Waals surface area contributed by atoms with Crippen LogP contribution in [0.2, 0.25) is 0 Å². The summed E-state index contributed by atoms with van der Waals surface area (Å²) in [5.41, 5.74) is 1.05. The highest BCUT2D eigenvalue weighted by Crippen LogP contribution is 2.77. The highest BCUT2D eigenvalue weighted by Gasteiger charge is 2.71. The minimum Gasteiger partial charge on any atom is -0.480 e. The molecule has 5 aliphatic rings. The number of carbonyl (C=O) groups excluding carboxylic acids is 1. The Labute approximate surface area is 226 Å². The lowest BCUT2D eigenvalue weighted by atomic mass is 9.32. The van der Waals surface area contributed by atoms with Crippen LogP contribution in [-0.4, -0.2) is 23.0 Å². The van der Waals surface area contributed by atoms with Crippen molar-refractivity contribution in [2.45, 2.75) is 132 Å². The van der Waals surface area contributed by atoms with Gasteiger partial charge in [-0.1, -0.05) is 54.9 Å². The van der Waals surface area contributed by atoms with Gasteiger partial charge in [0.1, 0.15) is 6.04 Å². The van der Waals surface area contributed by atoms with Crippen molar-refractivity contribution < 1.29 is 14.7 Å². The molecule has 0 radical (unpaired) electrons. The SMILES string of the molecule is CC(C)[C@@H]1CC[C@]2(C(=O)N[C@@H](C)C(=O)O)CC[C@]3(C)C(CCC4[C@@]5(C)CCCC(C)(C)C5CC[C@]43C)C12. The van der Waals surface area contributed by atoms with Crippen molar-refractivity contribution in [3.8, 4) is 0 Å². The molecule has 0 bridgehead atoms. The maximum atomic E-state index is 14.0. The molecule has 0 saturated heterocycles. The first-order valence-corrected chi connectivity index (χ1v) is 15.7. The van der Waals surface area contributed by atoms with Crippen LogP contribution in [0.1, 0.15) is 126 Å². The number of hydrogen-bond donors (Lipinski definition) is 2. The van der Waals surface area contributed by atoms with Crippen molar-refractivity contribution in [2.24, 2.45) is 62.6 Å². The molecule has 4 nitrogen and oxygen atoms in total. The second-order valence-corrected chi connectivity index (χ2v) is 16.2. The summed E-state index contributed by atoms with van der Waals surface area (Å²) in [6.07, 6.45) is 13.5. The average Bonchev–Trinajstić information content (AvgIpc) is 3.20. The largest absolute Gasteiger partial charge is 0.480 e. The first-order valence-electron chi connectivity index (χ1n) is 15.7. The van der Waals surface area contributed by atoms with Crippen molar-refractivity contribution in [3.63, 3.8) is 0 Å². The van der Waals surface area contributed by atoms with Crippen LogP contribution < -0.4 is 5.32 Å². The number of aliphatic carboxylic acids is 1. The molecular weight excluding hydrogens is 458 g/mol. The molecular formula is C33H55NO3. The van der Waals surface area contributed by atoms with E-state index in [1.54, 1.807) is 6.92 Å². The Bertz CT molecular complexity index is 942. The number of carboxylic acids is 1. The van der Waals surface area contributed by atoms with Crippen LogP contribution in [0, 0.1) is 62.6 Å². The molecule has 37 heavy (non-hydrogen) atoms. The minimum atomic E-state index is -0.936. The van der Waals surface area contributed by atoms with Crippen molar-refractivity contribution >= 4 is 11.9 Å². The van der Waals surface area contributed by atoms with E-state index in [1.165, 1.54) is 44.9 Å². The van der Waals surface area contributed by atoms with Gasteiger partial charge in [-0.25, -0.2) is 0 Å². The Morgan fingerprint density at radius 2 is 1.49 bits per heavy atom. The molecule has 0 spiro atoms. The first kappa shape index (κ1) is 27.5. The van der Waals surface area contributed by atoms with Gasteiger partial charge < -0.3 is 10.4 Å². The third-order valence-electron chi connectivity index (χ3n) is 14.3. The zero-order valence-corrected chi connectivity index (χ0v) is 25.1. The average molecular weight is 514 g/mol. The minimum absolute atomic E-state index is 0.0366. The number of nitrogens with one attached hydrogen (secondary N) is 1. The summed E-state index contributed by atoms with van der Waals surface area (Å²) < 4.78 is 0. The smallest absolute Gasteiger partial charge is 0.325 e. The van der Waals surface area contributed by atoms with Gasteiger partial charge in [0.15, 0.2) is 0 Å². The summed E-state index contributed by atoms with van der Waals surface area (Å²) in [6, 6.07) is -0.827. The predicted molar refractivity (Wildman–Crippen MR) is 149 cm³/mol. The monoisotopic (exact) mass is 513 g/mol. The predicted octanol–water partition coefficient (Wildman–Crippen LogP) is 7.70. The zero-order chi connectivity index (χ0) is 27.2. The van der Waals surface area contributed by atoms with E-state index in [0.717, 1.165) is 37.5 Å². The molecule has 0 heterocycles. The number of carboxylic acid groups (broad SMARTS) is 1. The van der Waals surface area contributed by atoms with Gasteiger partial charge in [-0.3, -0.25) is 9.59 Å². The van der Waals surface area contributed by atoms with Crippen molar-refractivity contribution in [2.75, 3.05) is 0 Å². The van der Waals surface area contributed by atoms with Gasteiger partial charge in [0.05, 0.1) is 5.41 Å². The summed E-state index contributed by atoms with van der Waals surface area (Å²) in [5, 5.41) is 12.5. The van der Waals surface area contributed by atoms with Crippen molar-refractivity contribution in [3.05, 3.63) is 0 Å². The van der Waals surface area contributed by atoms with Gasteiger partial charge in [0.25, 0.3) is 0 Å². The van der Waals surface area contributed by atoms with E-state index in [4.69, 9.17) is 0 Å². The third-order valence-corrected chi connectivity index (χ3v) is 14.3.